The van der Waals surface area contributed by atoms with E-state index in [2.05, 4.69) is 10.3 Å². The van der Waals surface area contributed by atoms with E-state index >= 15 is 0 Å². The molecule has 1 aromatic heterocycles. The normalized spacial score (nSPS) is 11.8. The van der Waals surface area contributed by atoms with Gasteiger partial charge in [0.05, 0.1) is 22.8 Å². The van der Waals surface area contributed by atoms with Crippen molar-refractivity contribution in [3.05, 3.63) is 99.7 Å². The van der Waals surface area contributed by atoms with Crippen molar-refractivity contribution in [2.24, 2.45) is 0 Å². The summed E-state index contributed by atoms with van der Waals surface area (Å²) in [5.74, 6) is -0.705. The van der Waals surface area contributed by atoms with Gasteiger partial charge in [-0.15, -0.1) is 0 Å². The number of carbonyl (C=O) groups is 2. The van der Waals surface area contributed by atoms with Crippen molar-refractivity contribution in [3.63, 3.8) is 0 Å². The third kappa shape index (κ3) is 4.35. The van der Waals surface area contributed by atoms with Crippen LogP contribution in [0.5, 0.6) is 0 Å². The van der Waals surface area contributed by atoms with Crippen molar-refractivity contribution in [3.8, 4) is 0 Å². The van der Waals surface area contributed by atoms with Gasteiger partial charge in [-0.05, 0) is 24.6 Å². The number of nitrogens with one attached hydrogen (secondary N) is 2. The highest BCUT2D eigenvalue weighted by Gasteiger charge is 2.28. The number of carbonyl (C=O) groups excluding carboxylic acids is 2. The summed E-state index contributed by atoms with van der Waals surface area (Å²) >= 11 is 12.7. The lowest BCUT2D eigenvalue weighted by Crippen LogP contribution is -2.22. The van der Waals surface area contributed by atoms with Crippen LogP contribution in [0.2, 0.25) is 10.0 Å². The zero-order chi connectivity index (χ0) is 22.7. The Morgan fingerprint density at radius 1 is 1.00 bits per heavy atom. The number of Topliss-reactive ketones (excluding diaryl/α,β-unsaturated/α-hetero) is 1. The molecular formula is C25H20Cl2N2O3. The Bertz CT molecular complexity index is 1270. The number of esters is 1. The number of ketones is 1. The van der Waals surface area contributed by atoms with E-state index in [0.717, 1.165) is 5.56 Å². The molecule has 0 saturated heterocycles. The van der Waals surface area contributed by atoms with Crippen LogP contribution < -0.4 is 5.32 Å². The topological polar surface area (TPSA) is 71.2 Å². The lowest BCUT2D eigenvalue weighted by Gasteiger charge is -2.20. The van der Waals surface area contributed by atoms with E-state index in [1.807, 2.05) is 48.5 Å². The number of hydrogen-bond donors (Lipinski definition) is 2. The molecule has 3 aromatic carbocycles. The van der Waals surface area contributed by atoms with Crippen LogP contribution in [0.1, 0.15) is 39.4 Å². The highest BCUT2D eigenvalue weighted by atomic mass is 35.5. The minimum Gasteiger partial charge on any atom is -0.461 e. The molecule has 0 bridgehead atoms. The Morgan fingerprint density at radius 3 is 2.31 bits per heavy atom. The molecule has 32 heavy (non-hydrogen) atoms. The summed E-state index contributed by atoms with van der Waals surface area (Å²) in [6.07, 6.45) is 0. The number of fused-ring (bicyclic) bond motifs is 1. The second-order valence-electron chi connectivity index (χ2n) is 7.12. The number of ether oxygens (including phenoxy) is 1. The van der Waals surface area contributed by atoms with Crippen LogP contribution in [0, 0.1) is 0 Å². The van der Waals surface area contributed by atoms with Crippen molar-refractivity contribution in [1.29, 1.82) is 0 Å². The van der Waals surface area contributed by atoms with Crippen LogP contribution in [0.3, 0.4) is 0 Å². The summed E-state index contributed by atoms with van der Waals surface area (Å²) < 4.78 is 5.23. The fourth-order valence-corrected chi connectivity index (χ4v) is 4.20. The summed E-state index contributed by atoms with van der Waals surface area (Å²) in [6, 6.07) is 20.8. The van der Waals surface area contributed by atoms with Gasteiger partial charge in [0.15, 0.2) is 5.78 Å². The van der Waals surface area contributed by atoms with Gasteiger partial charge in [-0.3, -0.25) is 4.79 Å². The predicted octanol–water partition coefficient (Wildman–Crippen LogP) is 6.69. The minimum atomic E-state index is -0.766. The van der Waals surface area contributed by atoms with Crippen LogP contribution in [0.4, 0.5) is 5.69 Å². The van der Waals surface area contributed by atoms with E-state index in [9.17, 15) is 9.59 Å². The first-order valence-corrected chi connectivity index (χ1v) is 10.8. The summed E-state index contributed by atoms with van der Waals surface area (Å²) in [4.78, 5) is 29.3. The molecule has 0 spiro atoms. The summed E-state index contributed by atoms with van der Waals surface area (Å²) in [5.41, 5.74) is 2.41. The first-order chi connectivity index (χ1) is 15.5. The van der Waals surface area contributed by atoms with Gasteiger partial charge in [0.1, 0.15) is 11.7 Å². The lowest BCUT2D eigenvalue weighted by atomic mass is 9.97. The molecule has 0 aliphatic heterocycles. The van der Waals surface area contributed by atoms with E-state index in [0.29, 0.717) is 32.2 Å². The molecule has 1 heterocycles. The fraction of sp³-hybridized carbons (Fsp3) is 0.120. The van der Waals surface area contributed by atoms with E-state index < -0.39 is 12.0 Å². The van der Waals surface area contributed by atoms with Crippen LogP contribution in [-0.2, 0) is 4.74 Å². The molecule has 1 unspecified atom stereocenters. The number of rotatable bonds is 7. The van der Waals surface area contributed by atoms with Gasteiger partial charge in [-0.1, -0.05) is 83.9 Å². The van der Waals surface area contributed by atoms with Crippen LogP contribution in [0.15, 0.2) is 72.8 Å². The number of H-pyrrole nitrogens is 1. The maximum absolute atomic E-state index is 13.5. The SMILES string of the molecule is CCOC(=O)c1[nH]c2cc(Cl)cc(Cl)c2c1NC(C(=O)c1ccccc1)c1ccccc1. The quantitative estimate of drug-likeness (QED) is 0.235. The van der Waals surface area contributed by atoms with Gasteiger partial charge in [0.25, 0.3) is 0 Å². The Hall–Kier alpha value is -3.28. The Kier molecular flexibility index (Phi) is 6.49. The van der Waals surface area contributed by atoms with Crippen molar-refractivity contribution < 1.29 is 14.3 Å². The summed E-state index contributed by atoms with van der Waals surface area (Å²) in [5, 5.41) is 4.60. The third-order valence-electron chi connectivity index (χ3n) is 5.04. The number of benzene rings is 3. The van der Waals surface area contributed by atoms with Gasteiger partial charge in [-0.25, -0.2) is 4.79 Å². The van der Waals surface area contributed by atoms with E-state index in [-0.39, 0.29) is 18.1 Å². The number of aromatic nitrogens is 1. The molecule has 4 aromatic rings. The van der Waals surface area contributed by atoms with Gasteiger partial charge in [-0.2, -0.15) is 0 Å². The highest BCUT2D eigenvalue weighted by molar-refractivity contribution is 6.40. The van der Waals surface area contributed by atoms with Crippen LogP contribution in [0.25, 0.3) is 10.9 Å². The maximum Gasteiger partial charge on any atom is 0.356 e. The first kappa shape index (κ1) is 21.9. The van der Waals surface area contributed by atoms with Crippen molar-refractivity contribution in [1.82, 2.24) is 4.98 Å². The zero-order valence-corrected chi connectivity index (χ0v) is 18.7. The Morgan fingerprint density at radius 2 is 1.66 bits per heavy atom. The number of anilines is 1. The second kappa shape index (κ2) is 9.47. The van der Waals surface area contributed by atoms with Crippen LogP contribution >= 0.6 is 23.2 Å². The third-order valence-corrected chi connectivity index (χ3v) is 5.55. The molecule has 5 nitrogen and oxygen atoms in total. The maximum atomic E-state index is 13.5. The Balaban J connectivity index is 1.88. The molecule has 0 aliphatic rings. The zero-order valence-electron chi connectivity index (χ0n) is 17.2. The molecular weight excluding hydrogens is 447 g/mol. The molecule has 162 valence electrons. The fourth-order valence-electron chi connectivity index (χ4n) is 3.61. The van der Waals surface area contributed by atoms with E-state index in [1.165, 1.54) is 0 Å². The standard InChI is InChI=1S/C25H20Cl2N2O3/c1-2-32-25(31)23-22(20-18(27)13-17(26)14-19(20)28-23)29-21(15-9-5-3-6-10-15)24(30)16-11-7-4-8-12-16/h3-14,21,28-29H,2H2,1H3. The van der Waals surface area contributed by atoms with Crippen molar-refractivity contribution >= 4 is 51.5 Å². The van der Waals surface area contributed by atoms with Gasteiger partial charge < -0.3 is 15.0 Å². The molecule has 2 N–H and O–H groups in total. The molecule has 7 heteroatoms. The van der Waals surface area contributed by atoms with Gasteiger partial charge in [0, 0.05) is 16.0 Å². The summed E-state index contributed by atoms with van der Waals surface area (Å²) in [7, 11) is 0. The Labute approximate surface area is 195 Å². The molecule has 0 fully saturated rings. The van der Waals surface area contributed by atoms with Crippen LogP contribution in [-0.4, -0.2) is 23.3 Å². The van der Waals surface area contributed by atoms with Gasteiger partial charge >= 0.3 is 5.97 Å². The first-order valence-electron chi connectivity index (χ1n) is 10.1. The predicted molar refractivity (Wildman–Crippen MR) is 128 cm³/mol. The average molecular weight is 467 g/mol. The van der Waals surface area contributed by atoms with Gasteiger partial charge in [0.2, 0.25) is 0 Å². The summed E-state index contributed by atoms with van der Waals surface area (Å²) in [6.45, 7) is 1.93. The van der Waals surface area contributed by atoms with Crippen molar-refractivity contribution in [2.45, 2.75) is 13.0 Å². The molecule has 0 aliphatic carbocycles. The monoisotopic (exact) mass is 466 g/mol. The average Bonchev–Trinajstić information content (AvgIpc) is 3.17. The number of hydrogen-bond acceptors (Lipinski definition) is 4. The largest absolute Gasteiger partial charge is 0.461 e. The van der Waals surface area contributed by atoms with E-state index in [1.54, 1.807) is 31.2 Å². The minimum absolute atomic E-state index is 0.147. The lowest BCUT2D eigenvalue weighted by molar-refractivity contribution is 0.0521. The number of halogens is 2. The molecule has 0 radical (unpaired) electrons. The number of aromatic amines is 1. The molecule has 0 saturated carbocycles. The molecule has 0 amide bonds. The smallest absolute Gasteiger partial charge is 0.356 e. The molecule has 1 atom stereocenters. The second-order valence-corrected chi connectivity index (χ2v) is 7.97. The molecule has 4 rings (SSSR count). The highest BCUT2D eigenvalue weighted by Crippen LogP contribution is 2.38. The van der Waals surface area contributed by atoms with E-state index in [4.69, 9.17) is 27.9 Å². The van der Waals surface area contributed by atoms with Crippen molar-refractivity contribution in [2.75, 3.05) is 11.9 Å².